The average Bonchev–Trinajstić information content (AvgIpc) is 2.07. The number of hydrogen-bond donors (Lipinski definition) is 1. The number of amides is 1. The van der Waals surface area contributed by atoms with Crippen molar-refractivity contribution < 1.29 is 9.53 Å². The molecule has 0 rings (SSSR count). The molecule has 0 heterocycles. The van der Waals surface area contributed by atoms with Gasteiger partial charge in [-0.15, -0.1) is 0 Å². The first-order valence-electron chi connectivity index (χ1n) is 6.02. The molecule has 1 N–H and O–H groups in total. The Morgan fingerprint density at radius 1 is 1.12 bits per heavy atom. The van der Waals surface area contributed by atoms with Crippen LogP contribution >= 0.6 is 0 Å². The number of alkyl carbamates (subject to hydrolysis) is 1. The maximum atomic E-state index is 11.6. The summed E-state index contributed by atoms with van der Waals surface area (Å²) in [6.07, 6.45) is 0.542. The van der Waals surface area contributed by atoms with Crippen molar-refractivity contribution in [2.45, 2.75) is 60.9 Å². The van der Waals surface area contributed by atoms with Gasteiger partial charge in [0.2, 0.25) is 0 Å². The lowest BCUT2D eigenvalue weighted by molar-refractivity contribution is 0.101. The third kappa shape index (κ3) is 5.38. The largest absolute Gasteiger partial charge is 0.450 e. The number of carbonyl (C=O) groups is 1. The number of rotatable bonds is 3. The lowest BCUT2D eigenvalue weighted by Crippen LogP contribution is -2.51. The zero-order valence-corrected chi connectivity index (χ0v) is 11.8. The highest BCUT2D eigenvalue weighted by Crippen LogP contribution is 2.33. The van der Waals surface area contributed by atoms with E-state index in [0.29, 0.717) is 6.61 Å². The van der Waals surface area contributed by atoms with Gasteiger partial charge in [-0.3, -0.25) is 0 Å². The van der Waals surface area contributed by atoms with Crippen molar-refractivity contribution >= 4 is 6.09 Å². The third-order valence-corrected chi connectivity index (χ3v) is 2.43. The number of ether oxygens (including phenoxy) is 1. The van der Waals surface area contributed by atoms with Crippen molar-refractivity contribution in [3.05, 3.63) is 0 Å². The molecule has 0 unspecified atom stereocenters. The Kier molecular flexibility index (Phi) is 5.30. The summed E-state index contributed by atoms with van der Waals surface area (Å²) in [5, 5.41) is 2.97. The van der Waals surface area contributed by atoms with E-state index in [9.17, 15) is 4.79 Å². The van der Waals surface area contributed by atoms with Crippen LogP contribution in [0.4, 0.5) is 4.79 Å². The lowest BCUT2D eigenvalue weighted by Gasteiger charge is -2.40. The van der Waals surface area contributed by atoms with Crippen LogP contribution < -0.4 is 5.32 Å². The van der Waals surface area contributed by atoms with Crippen molar-refractivity contribution in [1.29, 1.82) is 0 Å². The molecular formula is C13H27NO2. The molecule has 3 heteroatoms. The molecule has 0 fully saturated rings. The van der Waals surface area contributed by atoms with Gasteiger partial charge >= 0.3 is 6.09 Å². The number of nitrogens with one attached hydrogen (secondary N) is 1. The van der Waals surface area contributed by atoms with Crippen LogP contribution in [0.25, 0.3) is 0 Å². The predicted octanol–water partition coefficient (Wildman–Crippen LogP) is 3.58. The molecule has 96 valence electrons. The minimum Gasteiger partial charge on any atom is -0.450 e. The van der Waals surface area contributed by atoms with Gasteiger partial charge in [-0.2, -0.15) is 0 Å². The second kappa shape index (κ2) is 5.55. The highest BCUT2D eigenvalue weighted by Gasteiger charge is 2.36. The molecule has 0 aliphatic carbocycles. The van der Waals surface area contributed by atoms with E-state index in [0.717, 1.165) is 6.42 Å². The van der Waals surface area contributed by atoms with Crippen molar-refractivity contribution in [2.24, 2.45) is 10.8 Å². The molecule has 0 radical (unpaired) electrons. The minimum atomic E-state index is -0.309. The summed E-state index contributed by atoms with van der Waals surface area (Å²) in [6, 6.07) is 0.0874. The summed E-state index contributed by atoms with van der Waals surface area (Å²) in [5.74, 6) is 0. The molecule has 1 amide bonds. The maximum Gasteiger partial charge on any atom is 0.407 e. The minimum absolute atomic E-state index is 0.0173. The normalized spacial score (nSPS) is 12.8. The summed E-state index contributed by atoms with van der Waals surface area (Å²) in [7, 11) is 0. The molecule has 0 bridgehead atoms. The monoisotopic (exact) mass is 229 g/mol. The zero-order valence-electron chi connectivity index (χ0n) is 11.8. The third-order valence-electron chi connectivity index (χ3n) is 2.43. The van der Waals surface area contributed by atoms with Gasteiger partial charge in [0.15, 0.2) is 0 Å². The second-order valence-electron chi connectivity index (χ2n) is 6.45. The van der Waals surface area contributed by atoms with Gasteiger partial charge in [0.05, 0.1) is 6.61 Å². The van der Waals surface area contributed by atoms with Gasteiger partial charge in [0, 0.05) is 6.04 Å². The molecule has 0 aliphatic heterocycles. The maximum absolute atomic E-state index is 11.6. The molecule has 0 aliphatic rings. The van der Waals surface area contributed by atoms with Gasteiger partial charge in [-0.05, 0) is 17.3 Å². The Morgan fingerprint density at radius 3 is 1.88 bits per heavy atom. The summed E-state index contributed by atoms with van der Waals surface area (Å²) >= 11 is 0. The van der Waals surface area contributed by atoms with Crippen LogP contribution in [0.3, 0.4) is 0 Å². The van der Waals surface area contributed by atoms with E-state index in [1.807, 2.05) is 6.92 Å². The van der Waals surface area contributed by atoms with Crippen molar-refractivity contribution in [3.63, 3.8) is 0 Å². The Hall–Kier alpha value is -0.730. The SMILES string of the molecule is CCCOC(=O)NC(C(C)(C)C)C(C)(C)C. The molecule has 0 aromatic rings. The van der Waals surface area contributed by atoms with Crippen LogP contribution in [-0.4, -0.2) is 18.7 Å². The fraction of sp³-hybridized carbons (Fsp3) is 0.923. The lowest BCUT2D eigenvalue weighted by atomic mass is 9.72. The molecule has 0 spiro atoms. The van der Waals surface area contributed by atoms with E-state index in [-0.39, 0.29) is 23.0 Å². The Morgan fingerprint density at radius 2 is 1.56 bits per heavy atom. The van der Waals surface area contributed by atoms with E-state index in [2.05, 4.69) is 46.9 Å². The van der Waals surface area contributed by atoms with Gasteiger partial charge < -0.3 is 10.1 Å². The van der Waals surface area contributed by atoms with E-state index in [1.165, 1.54) is 0 Å². The molecule has 0 aromatic carbocycles. The summed E-state index contributed by atoms with van der Waals surface area (Å²) in [5.41, 5.74) is 0.0347. The molecule has 0 saturated carbocycles. The zero-order chi connectivity index (χ0) is 13.0. The van der Waals surface area contributed by atoms with Crippen LogP contribution in [0.15, 0.2) is 0 Å². The molecule has 0 saturated heterocycles. The van der Waals surface area contributed by atoms with Gasteiger partial charge in [-0.1, -0.05) is 48.5 Å². The summed E-state index contributed by atoms with van der Waals surface area (Å²) in [4.78, 5) is 11.6. The Labute approximate surface area is 99.9 Å². The summed E-state index contributed by atoms with van der Waals surface area (Å²) in [6.45, 7) is 15.2. The highest BCUT2D eigenvalue weighted by atomic mass is 16.5. The smallest absolute Gasteiger partial charge is 0.407 e. The molecule has 0 aromatic heterocycles. The predicted molar refractivity (Wildman–Crippen MR) is 67.5 cm³/mol. The first-order valence-corrected chi connectivity index (χ1v) is 6.02. The average molecular weight is 229 g/mol. The van der Waals surface area contributed by atoms with E-state index >= 15 is 0 Å². The van der Waals surface area contributed by atoms with Gasteiger partial charge in [-0.25, -0.2) is 4.79 Å². The quantitative estimate of drug-likeness (QED) is 0.803. The van der Waals surface area contributed by atoms with Crippen LogP contribution in [0.5, 0.6) is 0 Å². The number of hydrogen-bond acceptors (Lipinski definition) is 2. The fourth-order valence-electron chi connectivity index (χ4n) is 2.09. The topological polar surface area (TPSA) is 38.3 Å². The first kappa shape index (κ1) is 15.3. The molecular weight excluding hydrogens is 202 g/mol. The van der Waals surface area contributed by atoms with Crippen LogP contribution in [0, 0.1) is 10.8 Å². The first-order chi connectivity index (χ1) is 7.09. The van der Waals surface area contributed by atoms with Crippen LogP contribution in [0.2, 0.25) is 0 Å². The van der Waals surface area contributed by atoms with Gasteiger partial charge in [0.1, 0.15) is 0 Å². The van der Waals surface area contributed by atoms with E-state index in [4.69, 9.17) is 4.74 Å². The van der Waals surface area contributed by atoms with Crippen LogP contribution in [0.1, 0.15) is 54.9 Å². The standard InChI is InChI=1S/C13H27NO2/c1-8-9-16-11(15)14-10(12(2,3)4)13(5,6)7/h10H,8-9H2,1-7H3,(H,14,15). The fourth-order valence-corrected chi connectivity index (χ4v) is 2.09. The Bertz CT molecular complexity index is 209. The highest BCUT2D eigenvalue weighted by molar-refractivity contribution is 5.67. The van der Waals surface area contributed by atoms with Crippen molar-refractivity contribution in [3.8, 4) is 0 Å². The van der Waals surface area contributed by atoms with E-state index < -0.39 is 0 Å². The molecule has 0 atom stereocenters. The summed E-state index contributed by atoms with van der Waals surface area (Å²) < 4.78 is 5.06. The number of carbonyl (C=O) groups excluding carboxylic acids is 1. The molecule has 16 heavy (non-hydrogen) atoms. The van der Waals surface area contributed by atoms with E-state index in [1.54, 1.807) is 0 Å². The van der Waals surface area contributed by atoms with Gasteiger partial charge in [0.25, 0.3) is 0 Å². The second-order valence-corrected chi connectivity index (χ2v) is 6.45. The van der Waals surface area contributed by atoms with Crippen LogP contribution in [-0.2, 0) is 4.74 Å². The Balaban J connectivity index is 4.52. The molecule has 3 nitrogen and oxygen atoms in total. The van der Waals surface area contributed by atoms with Crippen molar-refractivity contribution in [2.75, 3.05) is 6.61 Å². The van der Waals surface area contributed by atoms with Crippen molar-refractivity contribution in [1.82, 2.24) is 5.32 Å².